The summed E-state index contributed by atoms with van der Waals surface area (Å²) in [6.45, 7) is 0.409. The molecule has 0 aliphatic heterocycles. The van der Waals surface area contributed by atoms with Crippen LogP contribution < -0.4 is 9.64 Å². The van der Waals surface area contributed by atoms with E-state index < -0.39 is 5.97 Å². The number of anilines is 1. The third-order valence-electron chi connectivity index (χ3n) is 3.89. The summed E-state index contributed by atoms with van der Waals surface area (Å²) >= 11 is 0. The van der Waals surface area contributed by atoms with Gasteiger partial charge in [0.25, 0.3) is 0 Å². The van der Waals surface area contributed by atoms with Crippen molar-refractivity contribution in [1.82, 2.24) is 4.98 Å². The molecule has 0 amide bonds. The largest absolute Gasteiger partial charge is 0.488 e. The van der Waals surface area contributed by atoms with Crippen LogP contribution in [0.25, 0.3) is 10.9 Å². The van der Waals surface area contributed by atoms with Crippen LogP contribution in [0.3, 0.4) is 0 Å². The van der Waals surface area contributed by atoms with Crippen molar-refractivity contribution in [2.24, 2.45) is 0 Å². The number of ether oxygens (including phenoxy) is 2. The molecule has 0 N–H and O–H groups in total. The van der Waals surface area contributed by atoms with Crippen LogP contribution in [0.5, 0.6) is 5.75 Å². The first-order chi connectivity index (χ1) is 12.1. The SMILES string of the molecule is COC(=O)c1cc(OCc2ccccc2)c2cccc(N(C)C)c2n1. The maximum Gasteiger partial charge on any atom is 0.356 e. The zero-order valence-corrected chi connectivity index (χ0v) is 14.5. The van der Waals surface area contributed by atoms with Crippen molar-refractivity contribution in [2.75, 3.05) is 26.1 Å². The van der Waals surface area contributed by atoms with Crippen LogP contribution in [0.15, 0.2) is 54.6 Å². The molecular formula is C20H20N2O3. The highest BCUT2D eigenvalue weighted by Crippen LogP contribution is 2.32. The summed E-state index contributed by atoms with van der Waals surface area (Å²) < 4.78 is 10.8. The number of nitrogens with zero attached hydrogens (tertiary/aromatic N) is 2. The van der Waals surface area contributed by atoms with Crippen molar-refractivity contribution in [3.63, 3.8) is 0 Å². The van der Waals surface area contributed by atoms with Gasteiger partial charge in [-0.05, 0) is 17.7 Å². The average Bonchev–Trinajstić information content (AvgIpc) is 2.65. The zero-order valence-electron chi connectivity index (χ0n) is 14.5. The summed E-state index contributed by atoms with van der Waals surface area (Å²) in [5.74, 6) is 0.123. The summed E-state index contributed by atoms with van der Waals surface area (Å²) in [5, 5.41) is 0.856. The summed E-state index contributed by atoms with van der Waals surface area (Å²) in [4.78, 5) is 18.5. The molecule has 1 aromatic heterocycles. The van der Waals surface area contributed by atoms with Gasteiger partial charge in [-0.25, -0.2) is 9.78 Å². The van der Waals surface area contributed by atoms with Gasteiger partial charge in [0.05, 0.1) is 18.3 Å². The van der Waals surface area contributed by atoms with Crippen LogP contribution >= 0.6 is 0 Å². The second kappa shape index (κ2) is 7.21. The lowest BCUT2D eigenvalue weighted by Gasteiger charge is -2.17. The summed E-state index contributed by atoms with van der Waals surface area (Å²) in [6.07, 6.45) is 0. The second-order valence-corrected chi connectivity index (χ2v) is 5.84. The van der Waals surface area contributed by atoms with Crippen LogP contribution in [0, 0.1) is 0 Å². The first kappa shape index (κ1) is 16.8. The number of pyridine rings is 1. The number of fused-ring (bicyclic) bond motifs is 1. The van der Waals surface area contributed by atoms with Crippen molar-refractivity contribution in [3.8, 4) is 5.75 Å². The number of benzene rings is 2. The Morgan fingerprint density at radius 3 is 2.52 bits per heavy atom. The number of methoxy groups -OCH3 is 1. The third-order valence-corrected chi connectivity index (χ3v) is 3.89. The van der Waals surface area contributed by atoms with Gasteiger partial charge in [0.1, 0.15) is 12.4 Å². The van der Waals surface area contributed by atoms with Gasteiger partial charge >= 0.3 is 5.97 Å². The molecule has 3 rings (SSSR count). The smallest absolute Gasteiger partial charge is 0.356 e. The average molecular weight is 336 g/mol. The fourth-order valence-electron chi connectivity index (χ4n) is 2.63. The molecule has 0 aliphatic rings. The molecule has 0 bridgehead atoms. The van der Waals surface area contributed by atoms with Gasteiger partial charge in [0.2, 0.25) is 0 Å². The number of carbonyl (C=O) groups excluding carboxylic acids is 1. The molecule has 0 atom stereocenters. The molecule has 25 heavy (non-hydrogen) atoms. The molecule has 0 radical (unpaired) electrons. The molecule has 5 nitrogen and oxygen atoms in total. The predicted octanol–water partition coefficient (Wildman–Crippen LogP) is 3.67. The summed E-state index contributed by atoms with van der Waals surface area (Å²) in [5.41, 5.74) is 2.90. The minimum atomic E-state index is -0.486. The van der Waals surface area contributed by atoms with E-state index in [0.29, 0.717) is 17.9 Å². The lowest BCUT2D eigenvalue weighted by Crippen LogP contribution is -2.11. The number of carbonyl (C=O) groups is 1. The molecule has 0 fully saturated rings. The molecule has 0 aliphatic carbocycles. The van der Waals surface area contributed by atoms with Crippen LogP contribution in [-0.4, -0.2) is 32.2 Å². The Hall–Kier alpha value is -3.08. The molecule has 1 heterocycles. The lowest BCUT2D eigenvalue weighted by molar-refractivity contribution is 0.0594. The van der Waals surface area contributed by atoms with Crippen LogP contribution in [0.2, 0.25) is 0 Å². The van der Waals surface area contributed by atoms with Gasteiger partial charge in [-0.15, -0.1) is 0 Å². The predicted molar refractivity (Wildman–Crippen MR) is 98.2 cm³/mol. The van der Waals surface area contributed by atoms with Crippen molar-refractivity contribution < 1.29 is 14.3 Å². The molecule has 5 heteroatoms. The van der Waals surface area contributed by atoms with Crippen molar-refractivity contribution in [2.45, 2.75) is 6.61 Å². The first-order valence-electron chi connectivity index (χ1n) is 7.96. The van der Waals surface area contributed by atoms with Crippen molar-refractivity contribution in [3.05, 3.63) is 65.9 Å². The van der Waals surface area contributed by atoms with E-state index in [1.165, 1.54) is 7.11 Å². The van der Waals surface area contributed by atoms with Crippen molar-refractivity contribution in [1.29, 1.82) is 0 Å². The number of para-hydroxylation sites is 1. The van der Waals surface area contributed by atoms with Gasteiger partial charge in [-0.1, -0.05) is 36.4 Å². The molecule has 0 saturated heterocycles. The summed E-state index contributed by atoms with van der Waals surface area (Å²) in [6, 6.07) is 17.4. The van der Waals surface area contributed by atoms with Gasteiger partial charge in [0, 0.05) is 25.5 Å². The number of esters is 1. The monoisotopic (exact) mass is 336 g/mol. The van der Waals surface area contributed by atoms with Gasteiger partial charge in [0.15, 0.2) is 5.69 Å². The molecule has 0 spiro atoms. The van der Waals surface area contributed by atoms with E-state index in [-0.39, 0.29) is 5.69 Å². The Balaban J connectivity index is 2.08. The lowest BCUT2D eigenvalue weighted by atomic mass is 10.1. The van der Waals surface area contributed by atoms with Crippen LogP contribution in [-0.2, 0) is 11.3 Å². The fraction of sp³-hybridized carbons (Fsp3) is 0.200. The quantitative estimate of drug-likeness (QED) is 0.666. The molecular weight excluding hydrogens is 316 g/mol. The fourth-order valence-corrected chi connectivity index (χ4v) is 2.63. The Bertz CT molecular complexity index is 892. The topological polar surface area (TPSA) is 51.7 Å². The zero-order chi connectivity index (χ0) is 17.8. The minimum Gasteiger partial charge on any atom is -0.488 e. The maximum atomic E-state index is 12.0. The number of aromatic nitrogens is 1. The summed E-state index contributed by atoms with van der Waals surface area (Å²) in [7, 11) is 5.22. The number of hydrogen-bond acceptors (Lipinski definition) is 5. The normalized spacial score (nSPS) is 10.5. The Kier molecular flexibility index (Phi) is 4.84. The van der Waals surface area contributed by atoms with Gasteiger partial charge < -0.3 is 14.4 Å². The van der Waals surface area contributed by atoms with Gasteiger partial charge in [-0.3, -0.25) is 0 Å². The number of rotatable bonds is 5. The van der Waals surface area contributed by atoms with E-state index in [4.69, 9.17) is 9.47 Å². The standard InChI is InChI=1S/C20H20N2O3/c1-22(2)17-11-7-10-15-18(25-13-14-8-5-4-6-9-14)12-16(20(23)24-3)21-19(15)17/h4-12H,13H2,1-3H3. The van der Waals surface area contributed by atoms with Crippen LogP contribution in [0.4, 0.5) is 5.69 Å². The van der Waals surface area contributed by atoms with E-state index in [0.717, 1.165) is 16.6 Å². The van der Waals surface area contributed by atoms with Crippen LogP contribution in [0.1, 0.15) is 16.1 Å². The highest BCUT2D eigenvalue weighted by molar-refractivity contribution is 5.99. The van der Waals surface area contributed by atoms with E-state index >= 15 is 0 Å². The Morgan fingerprint density at radius 1 is 1.08 bits per heavy atom. The molecule has 0 unspecified atom stereocenters. The molecule has 128 valence electrons. The second-order valence-electron chi connectivity index (χ2n) is 5.84. The van der Waals surface area contributed by atoms with Gasteiger partial charge in [-0.2, -0.15) is 0 Å². The molecule has 3 aromatic rings. The van der Waals surface area contributed by atoms with E-state index in [9.17, 15) is 4.79 Å². The highest BCUT2D eigenvalue weighted by atomic mass is 16.5. The van der Waals surface area contributed by atoms with Crippen molar-refractivity contribution >= 4 is 22.6 Å². The highest BCUT2D eigenvalue weighted by Gasteiger charge is 2.16. The number of hydrogen-bond donors (Lipinski definition) is 0. The maximum absolute atomic E-state index is 12.0. The Morgan fingerprint density at radius 2 is 1.84 bits per heavy atom. The van der Waals surface area contributed by atoms with E-state index in [1.54, 1.807) is 6.07 Å². The van der Waals surface area contributed by atoms with E-state index in [1.807, 2.05) is 67.5 Å². The van der Waals surface area contributed by atoms with E-state index in [2.05, 4.69) is 4.98 Å². The minimum absolute atomic E-state index is 0.229. The third kappa shape index (κ3) is 3.55. The Labute approximate surface area is 146 Å². The molecule has 2 aromatic carbocycles. The molecule has 0 saturated carbocycles. The first-order valence-corrected chi connectivity index (χ1v) is 7.96.